The molecule has 1 heterocycles. The summed E-state index contributed by atoms with van der Waals surface area (Å²) in [6.07, 6.45) is 0. The summed E-state index contributed by atoms with van der Waals surface area (Å²) in [5.41, 5.74) is 2.13. The van der Waals surface area contributed by atoms with Crippen molar-refractivity contribution in [1.82, 2.24) is 4.90 Å². The Balaban J connectivity index is 2.13. The first kappa shape index (κ1) is 24.6. The second-order valence-corrected chi connectivity index (χ2v) is 8.01. The molecule has 1 aliphatic rings. The third-order valence-electron chi connectivity index (χ3n) is 5.84. The summed E-state index contributed by atoms with van der Waals surface area (Å²) in [6.45, 7) is 6.36. The van der Waals surface area contributed by atoms with Crippen molar-refractivity contribution in [1.29, 1.82) is 0 Å². The number of aliphatic hydroxyl groups is 1. The molecule has 1 aliphatic heterocycles. The van der Waals surface area contributed by atoms with Gasteiger partial charge in [-0.15, -0.1) is 0 Å². The second-order valence-electron chi connectivity index (χ2n) is 7.60. The zero-order valence-corrected chi connectivity index (χ0v) is 20.1. The van der Waals surface area contributed by atoms with Gasteiger partial charge in [0.1, 0.15) is 11.5 Å². The molecule has 1 fully saturated rings. The maximum absolute atomic E-state index is 13.1. The third kappa shape index (κ3) is 4.84. The van der Waals surface area contributed by atoms with Crippen LogP contribution in [0.1, 0.15) is 31.0 Å². The maximum Gasteiger partial charge on any atom is 0.295 e. The van der Waals surface area contributed by atoms with E-state index in [4.69, 9.17) is 21.1 Å². The largest absolute Gasteiger partial charge is 0.507 e. The van der Waals surface area contributed by atoms with Gasteiger partial charge in [0.05, 0.1) is 30.4 Å². The second kappa shape index (κ2) is 10.7. The molecule has 0 radical (unpaired) electrons. The molecule has 1 unspecified atom stereocenters. The Labute approximate surface area is 199 Å². The molecule has 2 aromatic rings. The van der Waals surface area contributed by atoms with Crippen LogP contribution >= 0.6 is 11.6 Å². The number of methoxy groups -OCH3 is 2. The van der Waals surface area contributed by atoms with Crippen molar-refractivity contribution in [2.24, 2.45) is 0 Å². The number of aliphatic hydroxyl groups excluding tert-OH is 1. The maximum atomic E-state index is 13.1. The summed E-state index contributed by atoms with van der Waals surface area (Å²) in [6, 6.07) is 11.7. The standard InChI is InChI=1S/C25H29ClN2O5/c1-5-27(6-2)18-10-7-16(8-11-18)22-21(24(30)25(31)28(22)13-14-32-3)23(29)17-9-12-19(26)20(15-17)33-4/h7-12,15,22,29H,5-6,13-14H2,1-4H3/b23-21-. The summed E-state index contributed by atoms with van der Waals surface area (Å²) in [5, 5.41) is 11.5. The van der Waals surface area contributed by atoms with Crippen molar-refractivity contribution in [3.8, 4) is 5.75 Å². The fourth-order valence-electron chi connectivity index (χ4n) is 4.07. The molecule has 7 nitrogen and oxygen atoms in total. The van der Waals surface area contributed by atoms with Crippen LogP contribution in [-0.4, -0.2) is 62.2 Å². The normalized spacial score (nSPS) is 17.5. The van der Waals surface area contributed by atoms with E-state index in [1.165, 1.54) is 19.1 Å². The van der Waals surface area contributed by atoms with Gasteiger partial charge in [-0.2, -0.15) is 0 Å². The molecule has 3 rings (SSSR count). The highest BCUT2D eigenvalue weighted by Gasteiger charge is 2.45. The first-order valence-electron chi connectivity index (χ1n) is 10.8. The number of amides is 1. The van der Waals surface area contributed by atoms with E-state index in [9.17, 15) is 14.7 Å². The number of carbonyl (C=O) groups is 2. The van der Waals surface area contributed by atoms with Gasteiger partial charge in [0.15, 0.2) is 0 Å². The fourth-order valence-corrected chi connectivity index (χ4v) is 4.26. The minimum atomic E-state index is -0.743. The van der Waals surface area contributed by atoms with E-state index in [0.29, 0.717) is 16.3 Å². The van der Waals surface area contributed by atoms with Gasteiger partial charge in [0.2, 0.25) is 0 Å². The van der Waals surface area contributed by atoms with Gasteiger partial charge in [-0.25, -0.2) is 0 Å². The van der Waals surface area contributed by atoms with Gasteiger partial charge < -0.3 is 24.4 Å². The Morgan fingerprint density at radius 3 is 2.33 bits per heavy atom. The van der Waals surface area contributed by atoms with Crippen LogP contribution in [0, 0.1) is 0 Å². The van der Waals surface area contributed by atoms with Crippen LogP contribution in [0.3, 0.4) is 0 Å². The van der Waals surface area contributed by atoms with Crippen molar-refractivity contribution in [3.63, 3.8) is 0 Å². The number of likely N-dealkylation sites (tertiary alicyclic amines) is 1. The van der Waals surface area contributed by atoms with Gasteiger partial charge >= 0.3 is 0 Å². The smallest absolute Gasteiger partial charge is 0.295 e. The van der Waals surface area contributed by atoms with Crippen molar-refractivity contribution in [2.75, 3.05) is 45.4 Å². The molecule has 1 atom stereocenters. The molecule has 0 saturated carbocycles. The monoisotopic (exact) mass is 472 g/mol. The highest BCUT2D eigenvalue weighted by Crippen LogP contribution is 2.40. The number of carbonyl (C=O) groups excluding carboxylic acids is 2. The van der Waals surface area contributed by atoms with E-state index in [1.807, 2.05) is 24.3 Å². The molecular formula is C25H29ClN2O5. The number of ether oxygens (including phenoxy) is 2. The van der Waals surface area contributed by atoms with Gasteiger partial charge in [-0.05, 0) is 49.7 Å². The summed E-state index contributed by atoms with van der Waals surface area (Å²) < 4.78 is 10.4. The number of anilines is 1. The molecule has 2 aromatic carbocycles. The highest BCUT2D eigenvalue weighted by atomic mass is 35.5. The summed E-state index contributed by atoms with van der Waals surface area (Å²) in [4.78, 5) is 29.6. The first-order chi connectivity index (χ1) is 15.9. The lowest BCUT2D eigenvalue weighted by atomic mass is 9.95. The third-order valence-corrected chi connectivity index (χ3v) is 6.15. The molecule has 33 heavy (non-hydrogen) atoms. The number of halogens is 1. The Morgan fingerprint density at radius 1 is 1.09 bits per heavy atom. The number of benzene rings is 2. The average Bonchev–Trinajstić information content (AvgIpc) is 3.08. The van der Waals surface area contributed by atoms with Crippen molar-refractivity contribution < 1.29 is 24.2 Å². The van der Waals surface area contributed by atoms with E-state index in [0.717, 1.165) is 24.3 Å². The number of Topliss-reactive ketones (excluding diaryl/α,β-unsaturated/α-hetero) is 1. The summed E-state index contributed by atoms with van der Waals surface area (Å²) >= 11 is 6.11. The Kier molecular flexibility index (Phi) is 8.00. The summed E-state index contributed by atoms with van der Waals surface area (Å²) in [5.74, 6) is -1.34. The van der Waals surface area contributed by atoms with E-state index in [-0.39, 0.29) is 24.5 Å². The minimum Gasteiger partial charge on any atom is -0.507 e. The zero-order chi connectivity index (χ0) is 24.1. The van der Waals surface area contributed by atoms with Gasteiger partial charge in [-0.3, -0.25) is 9.59 Å². The number of hydrogen-bond donors (Lipinski definition) is 1. The van der Waals surface area contributed by atoms with Crippen LogP contribution in [0.25, 0.3) is 5.76 Å². The quantitative estimate of drug-likeness (QED) is 0.333. The molecule has 0 aromatic heterocycles. The van der Waals surface area contributed by atoms with Gasteiger partial charge in [0.25, 0.3) is 11.7 Å². The predicted molar refractivity (Wildman–Crippen MR) is 129 cm³/mol. The van der Waals surface area contributed by atoms with Crippen LogP contribution in [0.4, 0.5) is 5.69 Å². The van der Waals surface area contributed by atoms with Crippen LogP contribution in [0.5, 0.6) is 5.75 Å². The Hall–Kier alpha value is -3.03. The number of ketones is 1. The van der Waals surface area contributed by atoms with Crippen molar-refractivity contribution >= 4 is 34.7 Å². The molecule has 1 N–H and O–H groups in total. The van der Waals surface area contributed by atoms with E-state index >= 15 is 0 Å². The van der Waals surface area contributed by atoms with Gasteiger partial charge in [0, 0.05) is 38.0 Å². The topological polar surface area (TPSA) is 79.3 Å². The van der Waals surface area contributed by atoms with Gasteiger partial charge in [-0.1, -0.05) is 23.7 Å². The lowest BCUT2D eigenvalue weighted by Gasteiger charge is -2.26. The van der Waals surface area contributed by atoms with Crippen LogP contribution < -0.4 is 9.64 Å². The molecule has 0 aliphatic carbocycles. The summed E-state index contributed by atoms with van der Waals surface area (Å²) in [7, 11) is 3.00. The Bertz CT molecular complexity index is 1050. The SMILES string of the molecule is CCN(CC)c1ccc(C2/C(=C(/O)c3ccc(Cl)c(OC)c3)C(=O)C(=O)N2CCOC)cc1. The van der Waals surface area contributed by atoms with Crippen LogP contribution in [0.2, 0.25) is 5.02 Å². The van der Waals surface area contributed by atoms with E-state index in [2.05, 4.69) is 18.7 Å². The Morgan fingerprint density at radius 2 is 1.76 bits per heavy atom. The van der Waals surface area contributed by atoms with Crippen LogP contribution in [0.15, 0.2) is 48.0 Å². The number of hydrogen-bond acceptors (Lipinski definition) is 6. The number of nitrogens with zero attached hydrogens (tertiary/aromatic N) is 2. The minimum absolute atomic E-state index is 0.0241. The highest BCUT2D eigenvalue weighted by molar-refractivity contribution is 6.46. The molecule has 1 amide bonds. The average molecular weight is 473 g/mol. The lowest BCUT2D eigenvalue weighted by molar-refractivity contribution is -0.140. The van der Waals surface area contributed by atoms with Crippen molar-refractivity contribution in [2.45, 2.75) is 19.9 Å². The van der Waals surface area contributed by atoms with E-state index < -0.39 is 17.7 Å². The zero-order valence-electron chi connectivity index (χ0n) is 19.3. The molecule has 1 saturated heterocycles. The lowest BCUT2D eigenvalue weighted by Crippen LogP contribution is -2.32. The fraction of sp³-hybridized carbons (Fsp3) is 0.360. The molecule has 0 bridgehead atoms. The molecular weight excluding hydrogens is 444 g/mol. The first-order valence-corrected chi connectivity index (χ1v) is 11.2. The molecule has 8 heteroatoms. The predicted octanol–water partition coefficient (Wildman–Crippen LogP) is 4.26. The van der Waals surface area contributed by atoms with E-state index in [1.54, 1.807) is 18.2 Å². The van der Waals surface area contributed by atoms with Crippen molar-refractivity contribution in [3.05, 3.63) is 64.2 Å². The van der Waals surface area contributed by atoms with Crippen LogP contribution in [-0.2, 0) is 14.3 Å². The molecule has 176 valence electrons. The number of rotatable bonds is 9. The molecule has 0 spiro atoms.